The first-order chi connectivity index (χ1) is 14.6. The van der Waals surface area contributed by atoms with Crippen LogP contribution >= 0.6 is 0 Å². The lowest BCUT2D eigenvalue weighted by Gasteiger charge is -2.35. The van der Waals surface area contributed by atoms with E-state index in [1.165, 1.54) is 11.1 Å². The number of rotatable bonds is 5. The number of hydrogen-bond acceptors (Lipinski definition) is 4. The Hall–Kier alpha value is -3.41. The Morgan fingerprint density at radius 2 is 1.70 bits per heavy atom. The smallest absolute Gasteiger partial charge is 0.278 e. The number of nitrogens with one attached hydrogen (secondary N) is 1. The van der Waals surface area contributed by atoms with Crippen LogP contribution in [0.3, 0.4) is 0 Å². The fourth-order valence-electron chi connectivity index (χ4n) is 4.61. The Morgan fingerprint density at radius 3 is 2.30 bits per heavy atom. The molecule has 4 rings (SSSR count). The zero-order valence-electron chi connectivity index (χ0n) is 16.9. The summed E-state index contributed by atoms with van der Waals surface area (Å²) >= 11 is 0. The SMILES string of the molecule is C[C@H](C(c1ccccc1)c1ccccc1)[C@@H]1CCCN1C(=O)c1n[nH]cc(O)c1=O. The van der Waals surface area contributed by atoms with Gasteiger partial charge in [-0.1, -0.05) is 67.6 Å². The van der Waals surface area contributed by atoms with Crippen LogP contribution in [-0.4, -0.2) is 38.7 Å². The normalized spacial score (nSPS) is 17.3. The van der Waals surface area contributed by atoms with Crippen molar-refractivity contribution >= 4 is 5.91 Å². The van der Waals surface area contributed by atoms with Crippen molar-refractivity contribution in [2.75, 3.05) is 6.54 Å². The van der Waals surface area contributed by atoms with Gasteiger partial charge in [-0.05, 0) is 29.9 Å². The number of H-pyrrole nitrogens is 1. The first-order valence-electron chi connectivity index (χ1n) is 10.3. The Kier molecular flexibility index (Phi) is 5.65. The fraction of sp³-hybridized carbons (Fsp3) is 0.292. The highest BCUT2D eigenvalue weighted by Gasteiger charge is 2.38. The van der Waals surface area contributed by atoms with Crippen LogP contribution in [0.2, 0.25) is 0 Å². The molecule has 0 spiro atoms. The maximum atomic E-state index is 13.2. The molecule has 2 heterocycles. The molecule has 2 aromatic carbocycles. The van der Waals surface area contributed by atoms with Gasteiger partial charge in [-0.2, -0.15) is 5.10 Å². The van der Waals surface area contributed by atoms with Gasteiger partial charge in [-0.3, -0.25) is 14.7 Å². The number of nitrogens with zero attached hydrogens (tertiary/aromatic N) is 2. The van der Waals surface area contributed by atoms with Gasteiger partial charge in [-0.15, -0.1) is 0 Å². The highest BCUT2D eigenvalue weighted by Crippen LogP contribution is 2.38. The average molecular weight is 403 g/mol. The van der Waals surface area contributed by atoms with Gasteiger partial charge < -0.3 is 10.0 Å². The fourth-order valence-corrected chi connectivity index (χ4v) is 4.61. The minimum atomic E-state index is -0.736. The van der Waals surface area contributed by atoms with Crippen molar-refractivity contribution < 1.29 is 9.90 Å². The third-order valence-corrected chi connectivity index (χ3v) is 6.04. The maximum absolute atomic E-state index is 13.2. The quantitative estimate of drug-likeness (QED) is 0.682. The van der Waals surface area contributed by atoms with E-state index in [4.69, 9.17) is 0 Å². The number of amides is 1. The van der Waals surface area contributed by atoms with Gasteiger partial charge >= 0.3 is 0 Å². The Morgan fingerprint density at radius 1 is 1.10 bits per heavy atom. The summed E-state index contributed by atoms with van der Waals surface area (Å²) in [7, 11) is 0. The van der Waals surface area contributed by atoms with Crippen molar-refractivity contribution in [3.05, 3.63) is 93.9 Å². The molecule has 6 heteroatoms. The molecule has 0 radical (unpaired) electrons. The predicted molar refractivity (Wildman–Crippen MR) is 114 cm³/mol. The molecule has 0 bridgehead atoms. The van der Waals surface area contributed by atoms with E-state index in [1.54, 1.807) is 4.90 Å². The monoisotopic (exact) mass is 403 g/mol. The van der Waals surface area contributed by atoms with E-state index < -0.39 is 17.1 Å². The topological polar surface area (TPSA) is 86.3 Å². The van der Waals surface area contributed by atoms with E-state index in [2.05, 4.69) is 41.4 Å². The minimum absolute atomic E-state index is 0.0357. The van der Waals surface area contributed by atoms with Gasteiger partial charge in [0.2, 0.25) is 0 Å². The molecule has 1 aromatic heterocycles. The van der Waals surface area contributed by atoms with E-state index in [9.17, 15) is 14.7 Å². The number of benzene rings is 2. The third kappa shape index (κ3) is 3.73. The van der Waals surface area contributed by atoms with Crippen molar-refractivity contribution in [3.63, 3.8) is 0 Å². The molecule has 6 nitrogen and oxygen atoms in total. The molecular formula is C24H25N3O3. The number of aromatic hydroxyl groups is 1. The summed E-state index contributed by atoms with van der Waals surface area (Å²) in [6.07, 6.45) is 2.82. The molecule has 0 saturated carbocycles. The van der Waals surface area contributed by atoms with Crippen molar-refractivity contribution in [3.8, 4) is 5.75 Å². The van der Waals surface area contributed by atoms with Gasteiger partial charge in [0, 0.05) is 18.5 Å². The van der Waals surface area contributed by atoms with Gasteiger partial charge in [0.05, 0.1) is 6.20 Å². The summed E-state index contributed by atoms with van der Waals surface area (Å²) < 4.78 is 0. The summed E-state index contributed by atoms with van der Waals surface area (Å²) in [6.45, 7) is 2.74. The van der Waals surface area contributed by atoms with Gasteiger partial charge in [-0.25, -0.2) is 0 Å². The number of carbonyl (C=O) groups is 1. The van der Waals surface area contributed by atoms with Gasteiger partial charge in [0.1, 0.15) is 0 Å². The molecule has 1 fully saturated rings. The maximum Gasteiger partial charge on any atom is 0.278 e. The highest BCUT2D eigenvalue weighted by molar-refractivity contribution is 5.92. The van der Waals surface area contributed by atoms with E-state index >= 15 is 0 Å². The second kappa shape index (κ2) is 8.53. The molecule has 2 N–H and O–H groups in total. The lowest BCUT2D eigenvalue weighted by atomic mass is 9.77. The van der Waals surface area contributed by atoms with E-state index in [0.29, 0.717) is 6.54 Å². The Balaban J connectivity index is 1.69. The van der Waals surface area contributed by atoms with Crippen LogP contribution in [0.4, 0.5) is 0 Å². The molecule has 1 aliphatic rings. The third-order valence-electron chi connectivity index (χ3n) is 6.04. The standard InChI is InChI=1S/C24H25N3O3/c1-16(21(17-9-4-2-5-10-17)18-11-6-3-7-12-18)19-13-8-14-27(19)24(30)22-23(29)20(28)15-25-26-22/h2-7,9-12,15-16,19,21H,8,13-14H2,1H3,(H,25,29)(H,26,28)/t16-,19-/m0/s1. The van der Waals surface area contributed by atoms with E-state index in [-0.39, 0.29) is 23.6 Å². The largest absolute Gasteiger partial charge is 0.503 e. The summed E-state index contributed by atoms with van der Waals surface area (Å²) in [5.41, 5.74) is 1.40. The second-order valence-corrected chi connectivity index (χ2v) is 7.81. The molecule has 1 saturated heterocycles. The molecule has 0 aliphatic carbocycles. The second-order valence-electron chi connectivity index (χ2n) is 7.81. The summed E-state index contributed by atoms with van der Waals surface area (Å²) in [5, 5.41) is 16.0. The van der Waals surface area contributed by atoms with Gasteiger partial charge in [0.15, 0.2) is 11.4 Å². The molecule has 1 aliphatic heterocycles. The molecule has 0 unspecified atom stereocenters. The number of likely N-dealkylation sites (tertiary alicyclic amines) is 1. The highest BCUT2D eigenvalue weighted by atomic mass is 16.3. The minimum Gasteiger partial charge on any atom is -0.503 e. The average Bonchev–Trinajstić information content (AvgIpc) is 3.27. The summed E-state index contributed by atoms with van der Waals surface area (Å²) in [6, 6.07) is 20.6. The van der Waals surface area contributed by atoms with Crippen LogP contribution in [0.1, 0.15) is 47.3 Å². The zero-order valence-corrected chi connectivity index (χ0v) is 16.9. The van der Waals surface area contributed by atoms with Crippen molar-refractivity contribution in [1.29, 1.82) is 0 Å². The van der Waals surface area contributed by atoms with Crippen LogP contribution in [0.15, 0.2) is 71.7 Å². The molecule has 154 valence electrons. The van der Waals surface area contributed by atoms with Crippen LogP contribution in [0, 0.1) is 5.92 Å². The summed E-state index contributed by atoms with van der Waals surface area (Å²) in [4.78, 5) is 27.2. The van der Waals surface area contributed by atoms with Crippen LogP contribution in [0.5, 0.6) is 5.75 Å². The zero-order chi connectivity index (χ0) is 21.1. The first kappa shape index (κ1) is 19.9. The van der Waals surface area contributed by atoms with E-state index in [1.807, 2.05) is 36.4 Å². The van der Waals surface area contributed by atoms with E-state index in [0.717, 1.165) is 19.0 Å². The van der Waals surface area contributed by atoms with Gasteiger partial charge in [0.25, 0.3) is 11.3 Å². The lowest BCUT2D eigenvalue weighted by molar-refractivity contribution is 0.0677. The molecule has 30 heavy (non-hydrogen) atoms. The number of carbonyl (C=O) groups excluding carboxylic acids is 1. The van der Waals surface area contributed by atoms with Crippen LogP contribution < -0.4 is 5.43 Å². The molecule has 3 aromatic rings. The number of aromatic nitrogens is 2. The summed E-state index contributed by atoms with van der Waals surface area (Å²) in [5.74, 6) is -0.691. The van der Waals surface area contributed by atoms with Crippen molar-refractivity contribution in [2.24, 2.45) is 5.92 Å². The molecule has 2 atom stereocenters. The van der Waals surface area contributed by atoms with Crippen LogP contribution in [0.25, 0.3) is 0 Å². The van der Waals surface area contributed by atoms with Crippen molar-refractivity contribution in [2.45, 2.75) is 31.7 Å². The Labute approximate surface area is 175 Å². The Bertz CT molecular complexity index is 1030. The first-order valence-corrected chi connectivity index (χ1v) is 10.3. The predicted octanol–water partition coefficient (Wildman–Crippen LogP) is 3.55. The van der Waals surface area contributed by atoms with Crippen molar-refractivity contribution in [1.82, 2.24) is 15.1 Å². The molecular weight excluding hydrogens is 378 g/mol. The molecule has 1 amide bonds. The van der Waals surface area contributed by atoms with Crippen LogP contribution in [-0.2, 0) is 0 Å². The number of aromatic amines is 1. The lowest BCUT2D eigenvalue weighted by Crippen LogP contribution is -2.43. The number of hydrogen-bond donors (Lipinski definition) is 2.